The Morgan fingerprint density at radius 2 is 2.07 bits per heavy atom. The molecule has 0 fully saturated rings. The molecule has 2 heterocycles. The highest BCUT2D eigenvalue weighted by Crippen LogP contribution is 2.12. The van der Waals surface area contributed by atoms with E-state index in [1.807, 2.05) is 13.0 Å². The first-order valence-electron chi connectivity index (χ1n) is 4.12. The lowest BCUT2D eigenvalue weighted by Gasteiger charge is -1.99. The maximum absolute atomic E-state index is 10.7. The first kappa shape index (κ1) is 8.62. The van der Waals surface area contributed by atoms with Gasteiger partial charge in [0, 0.05) is 23.5 Å². The summed E-state index contributed by atoms with van der Waals surface area (Å²) in [6, 6.07) is 3.39. The van der Waals surface area contributed by atoms with E-state index < -0.39 is 5.97 Å². The summed E-state index contributed by atoms with van der Waals surface area (Å²) in [4.78, 5) is 18.8. The molecule has 0 radical (unpaired) electrons. The minimum Gasteiger partial charge on any atom is -0.478 e. The first-order valence-corrected chi connectivity index (χ1v) is 4.12. The summed E-state index contributed by atoms with van der Waals surface area (Å²) < 4.78 is 0. The molecular weight excluding hydrogens is 180 g/mol. The molecule has 0 amide bonds. The number of rotatable bonds is 1. The number of nitrogens with zero attached hydrogens (tertiary/aromatic N) is 2. The number of pyridine rings is 2. The fourth-order valence-electron chi connectivity index (χ4n) is 1.24. The Morgan fingerprint density at radius 3 is 2.79 bits per heavy atom. The zero-order valence-electron chi connectivity index (χ0n) is 7.56. The van der Waals surface area contributed by atoms with E-state index in [2.05, 4.69) is 9.97 Å². The summed E-state index contributed by atoms with van der Waals surface area (Å²) in [6.07, 6.45) is 2.98. The Labute approximate surface area is 80.2 Å². The number of carboxylic acids is 1. The van der Waals surface area contributed by atoms with Crippen LogP contribution in [0, 0.1) is 6.92 Å². The van der Waals surface area contributed by atoms with Gasteiger partial charge in [-0.2, -0.15) is 0 Å². The number of aromatic carboxylic acids is 1. The number of fused-ring (bicyclic) bond motifs is 1. The standard InChI is InChI=1S/C10H8N2O2/c1-6-2-9-7(4-11-6)3-8(5-12-9)10(13)14/h2-5H,1H3,(H,13,14). The number of carboxylic acid groups (broad SMARTS) is 1. The van der Waals surface area contributed by atoms with Gasteiger partial charge in [-0.25, -0.2) is 4.79 Å². The van der Waals surface area contributed by atoms with E-state index in [1.165, 1.54) is 6.20 Å². The van der Waals surface area contributed by atoms with E-state index in [9.17, 15) is 4.79 Å². The summed E-state index contributed by atoms with van der Waals surface area (Å²) in [5, 5.41) is 9.48. The van der Waals surface area contributed by atoms with Crippen LogP contribution in [-0.4, -0.2) is 21.0 Å². The summed E-state index contributed by atoms with van der Waals surface area (Å²) in [6.45, 7) is 1.87. The zero-order valence-corrected chi connectivity index (χ0v) is 7.56. The van der Waals surface area contributed by atoms with Gasteiger partial charge in [-0.15, -0.1) is 0 Å². The smallest absolute Gasteiger partial charge is 0.337 e. The number of hydrogen-bond donors (Lipinski definition) is 1. The predicted molar refractivity (Wildman–Crippen MR) is 51.2 cm³/mol. The third-order valence-corrected chi connectivity index (χ3v) is 1.95. The van der Waals surface area contributed by atoms with Crippen LogP contribution in [0.1, 0.15) is 16.1 Å². The van der Waals surface area contributed by atoms with Gasteiger partial charge in [-0.1, -0.05) is 0 Å². The van der Waals surface area contributed by atoms with Crippen molar-refractivity contribution in [1.29, 1.82) is 0 Å². The van der Waals surface area contributed by atoms with Crippen LogP contribution in [0.2, 0.25) is 0 Å². The van der Waals surface area contributed by atoms with E-state index >= 15 is 0 Å². The molecule has 2 aromatic rings. The molecular formula is C10H8N2O2. The molecule has 0 spiro atoms. The highest BCUT2D eigenvalue weighted by atomic mass is 16.4. The molecule has 0 unspecified atom stereocenters. The average molecular weight is 188 g/mol. The molecule has 2 aromatic heterocycles. The molecule has 0 atom stereocenters. The Bertz CT molecular complexity index is 508. The Kier molecular flexibility index (Phi) is 1.89. The Balaban J connectivity index is 2.67. The van der Waals surface area contributed by atoms with Gasteiger partial charge in [0.25, 0.3) is 0 Å². The number of hydrogen-bond acceptors (Lipinski definition) is 3. The van der Waals surface area contributed by atoms with Gasteiger partial charge < -0.3 is 5.11 Å². The maximum atomic E-state index is 10.7. The minimum atomic E-state index is -0.972. The number of aryl methyl sites for hydroxylation is 1. The minimum absolute atomic E-state index is 0.183. The van der Waals surface area contributed by atoms with E-state index in [1.54, 1.807) is 12.3 Å². The van der Waals surface area contributed by atoms with E-state index in [0.29, 0.717) is 0 Å². The third-order valence-electron chi connectivity index (χ3n) is 1.95. The molecule has 70 valence electrons. The second-order valence-electron chi connectivity index (χ2n) is 3.05. The zero-order chi connectivity index (χ0) is 10.1. The lowest BCUT2D eigenvalue weighted by atomic mass is 10.2. The van der Waals surface area contributed by atoms with Crippen molar-refractivity contribution in [2.24, 2.45) is 0 Å². The van der Waals surface area contributed by atoms with Crippen LogP contribution < -0.4 is 0 Å². The lowest BCUT2D eigenvalue weighted by molar-refractivity contribution is 0.0696. The van der Waals surface area contributed by atoms with Crippen molar-refractivity contribution in [2.75, 3.05) is 0 Å². The van der Waals surface area contributed by atoms with Crippen molar-refractivity contribution >= 4 is 16.9 Å². The summed E-state index contributed by atoms with van der Waals surface area (Å²) >= 11 is 0. The van der Waals surface area contributed by atoms with Crippen LogP contribution >= 0.6 is 0 Å². The van der Waals surface area contributed by atoms with E-state index in [-0.39, 0.29) is 5.56 Å². The lowest BCUT2D eigenvalue weighted by Crippen LogP contribution is -1.97. The molecule has 0 saturated carbocycles. The average Bonchev–Trinajstić information content (AvgIpc) is 2.16. The quantitative estimate of drug-likeness (QED) is 0.738. The van der Waals surface area contributed by atoms with Crippen LogP contribution in [0.5, 0.6) is 0 Å². The van der Waals surface area contributed by atoms with Crippen LogP contribution in [0.15, 0.2) is 24.5 Å². The number of aromatic nitrogens is 2. The summed E-state index contributed by atoms with van der Waals surface area (Å²) in [7, 11) is 0. The molecule has 2 rings (SSSR count). The van der Waals surface area contributed by atoms with Crippen molar-refractivity contribution < 1.29 is 9.90 Å². The fourth-order valence-corrected chi connectivity index (χ4v) is 1.24. The normalized spacial score (nSPS) is 10.4. The molecule has 14 heavy (non-hydrogen) atoms. The maximum Gasteiger partial charge on any atom is 0.337 e. The SMILES string of the molecule is Cc1cc2ncc(C(=O)O)cc2cn1. The second kappa shape index (κ2) is 3.06. The van der Waals surface area contributed by atoms with Crippen LogP contribution in [0.3, 0.4) is 0 Å². The highest BCUT2D eigenvalue weighted by molar-refractivity contribution is 5.92. The second-order valence-corrected chi connectivity index (χ2v) is 3.05. The summed E-state index contributed by atoms with van der Waals surface area (Å²) in [5.41, 5.74) is 1.82. The van der Waals surface area contributed by atoms with Crippen LogP contribution in [0.25, 0.3) is 10.9 Å². The third kappa shape index (κ3) is 1.42. The molecule has 1 N–H and O–H groups in total. The number of carbonyl (C=O) groups is 1. The molecule has 0 aliphatic carbocycles. The predicted octanol–water partition coefficient (Wildman–Crippen LogP) is 1.64. The van der Waals surface area contributed by atoms with Gasteiger partial charge >= 0.3 is 5.97 Å². The van der Waals surface area contributed by atoms with Gasteiger partial charge in [-0.05, 0) is 19.1 Å². The molecule has 0 aliphatic rings. The first-order chi connectivity index (χ1) is 6.66. The largest absolute Gasteiger partial charge is 0.478 e. The van der Waals surface area contributed by atoms with Crippen molar-refractivity contribution in [3.63, 3.8) is 0 Å². The highest BCUT2D eigenvalue weighted by Gasteiger charge is 2.04. The van der Waals surface area contributed by atoms with Crippen molar-refractivity contribution in [2.45, 2.75) is 6.92 Å². The van der Waals surface area contributed by atoms with Gasteiger partial charge in [0.2, 0.25) is 0 Å². The molecule has 0 bridgehead atoms. The molecule has 4 heteroatoms. The molecule has 0 saturated heterocycles. The van der Waals surface area contributed by atoms with Gasteiger partial charge in [0.05, 0.1) is 11.1 Å². The van der Waals surface area contributed by atoms with Gasteiger partial charge in [0.1, 0.15) is 0 Å². The monoisotopic (exact) mass is 188 g/mol. The molecule has 4 nitrogen and oxygen atoms in total. The van der Waals surface area contributed by atoms with Crippen LogP contribution in [-0.2, 0) is 0 Å². The van der Waals surface area contributed by atoms with Gasteiger partial charge in [0.15, 0.2) is 0 Å². The Hall–Kier alpha value is -1.97. The van der Waals surface area contributed by atoms with Crippen molar-refractivity contribution in [3.05, 3.63) is 35.8 Å². The molecule has 0 aliphatic heterocycles. The Morgan fingerprint density at radius 1 is 1.29 bits per heavy atom. The summed E-state index contributed by atoms with van der Waals surface area (Å²) in [5.74, 6) is -0.972. The van der Waals surface area contributed by atoms with Crippen LogP contribution in [0.4, 0.5) is 0 Å². The van der Waals surface area contributed by atoms with Gasteiger partial charge in [-0.3, -0.25) is 9.97 Å². The topological polar surface area (TPSA) is 63.1 Å². The molecule has 0 aromatic carbocycles. The fraction of sp³-hybridized carbons (Fsp3) is 0.100. The van der Waals surface area contributed by atoms with Crippen molar-refractivity contribution in [3.8, 4) is 0 Å². The van der Waals surface area contributed by atoms with E-state index in [0.717, 1.165) is 16.6 Å². The van der Waals surface area contributed by atoms with E-state index in [4.69, 9.17) is 5.11 Å². The van der Waals surface area contributed by atoms with Crippen molar-refractivity contribution in [1.82, 2.24) is 9.97 Å².